The first kappa shape index (κ1) is 15.5. The molecule has 0 atom stereocenters. The number of nitrogens with one attached hydrogen (secondary N) is 1. The molecule has 1 aromatic heterocycles. The van der Waals surface area contributed by atoms with E-state index in [-0.39, 0.29) is 5.91 Å². The molecule has 1 aliphatic rings. The average Bonchev–Trinajstić information content (AvgIpc) is 2.93. The molecule has 1 amide bonds. The lowest BCUT2D eigenvalue weighted by Gasteiger charge is -2.20. The molecule has 0 radical (unpaired) electrons. The van der Waals surface area contributed by atoms with Crippen molar-refractivity contribution in [2.24, 2.45) is 5.92 Å². The number of nitrogens with zero attached hydrogens (tertiary/aromatic N) is 1. The molecule has 1 heterocycles. The third-order valence-electron chi connectivity index (χ3n) is 4.10. The molecule has 20 heavy (non-hydrogen) atoms. The van der Waals surface area contributed by atoms with Gasteiger partial charge in [0, 0.05) is 11.8 Å². The van der Waals surface area contributed by atoms with Gasteiger partial charge in [0.1, 0.15) is 5.01 Å². The minimum atomic E-state index is 0.178. The topological polar surface area (TPSA) is 42.0 Å². The number of amides is 1. The van der Waals surface area contributed by atoms with Crippen LogP contribution in [-0.2, 0) is 11.3 Å². The number of carbonyl (C=O) groups excluding carboxylic acids is 1. The summed E-state index contributed by atoms with van der Waals surface area (Å²) in [5, 5.41) is 6.10. The largest absolute Gasteiger partial charge is 0.350 e. The third kappa shape index (κ3) is 4.89. The standard InChI is InChI=1S/C16H26N2OS/c1-12(2)14-11-20-16(18-14)10-17-15(19)9-8-13-6-4-3-5-7-13/h11-13H,3-10H2,1-2H3,(H,17,19). The van der Waals surface area contributed by atoms with Crippen LogP contribution < -0.4 is 5.32 Å². The molecular formula is C16H26N2OS. The molecule has 2 rings (SSSR count). The Hall–Kier alpha value is -0.900. The van der Waals surface area contributed by atoms with E-state index in [0.717, 1.165) is 23.0 Å². The van der Waals surface area contributed by atoms with Gasteiger partial charge in [0.05, 0.1) is 12.2 Å². The predicted octanol–water partition coefficient (Wildman–Crippen LogP) is 4.24. The molecule has 0 bridgehead atoms. The molecule has 0 unspecified atom stereocenters. The van der Waals surface area contributed by atoms with Gasteiger partial charge in [0.15, 0.2) is 0 Å². The minimum Gasteiger partial charge on any atom is -0.350 e. The van der Waals surface area contributed by atoms with E-state index in [9.17, 15) is 4.79 Å². The first-order valence-electron chi connectivity index (χ1n) is 7.86. The SMILES string of the molecule is CC(C)c1csc(CNC(=O)CCC2CCCCC2)n1. The molecular weight excluding hydrogens is 268 g/mol. The first-order chi connectivity index (χ1) is 9.65. The van der Waals surface area contributed by atoms with Gasteiger partial charge in [-0.1, -0.05) is 46.0 Å². The van der Waals surface area contributed by atoms with E-state index in [1.807, 2.05) is 0 Å². The van der Waals surface area contributed by atoms with Crippen LogP contribution in [0.4, 0.5) is 0 Å². The highest BCUT2D eigenvalue weighted by Gasteiger charge is 2.15. The molecule has 1 aliphatic carbocycles. The summed E-state index contributed by atoms with van der Waals surface area (Å²) in [6, 6.07) is 0. The highest BCUT2D eigenvalue weighted by molar-refractivity contribution is 7.09. The molecule has 1 fully saturated rings. The maximum absolute atomic E-state index is 11.9. The fourth-order valence-electron chi connectivity index (χ4n) is 2.75. The fourth-order valence-corrected chi connectivity index (χ4v) is 3.64. The first-order valence-corrected chi connectivity index (χ1v) is 8.74. The molecule has 112 valence electrons. The number of hydrogen-bond acceptors (Lipinski definition) is 3. The van der Waals surface area contributed by atoms with Crippen molar-refractivity contribution in [3.63, 3.8) is 0 Å². The van der Waals surface area contributed by atoms with Crippen molar-refractivity contribution in [1.82, 2.24) is 10.3 Å². The Balaban J connectivity index is 1.66. The Morgan fingerprint density at radius 3 is 2.80 bits per heavy atom. The zero-order valence-electron chi connectivity index (χ0n) is 12.7. The second kappa shape index (κ2) is 7.77. The zero-order chi connectivity index (χ0) is 14.4. The van der Waals surface area contributed by atoms with E-state index < -0.39 is 0 Å². The molecule has 1 saturated carbocycles. The van der Waals surface area contributed by atoms with Crippen molar-refractivity contribution in [2.45, 2.75) is 71.3 Å². The van der Waals surface area contributed by atoms with Crippen LogP contribution in [0.25, 0.3) is 0 Å². The molecule has 3 nitrogen and oxygen atoms in total. The van der Waals surface area contributed by atoms with E-state index in [1.54, 1.807) is 11.3 Å². The lowest BCUT2D eigenvalue weighted by atomic mass is 9.86. The van der Waals surface area contributed by atoms with Gasteiger partial charge in [-0.25, -0.2) is 4.98 Å². The van der Waals surface area contributed by atoms with Gasteiger partial charge in [-0.15, -0.1) is 11.3 Å². The van der Waals surface area contributed by atoms with Gasteiger partial charge < -0.3 is 5.32 Å². The summed E-state index contributed by atoms with van der Waals surface area (Å²) in [6.45, 7) is 4.87. The van der Waals surface area contributed by atoms with Crippen molar-refractivity contribution >= 4 is 17.2 Å². The van der Waals surface area contributed by atoms with Gasteiger partial charge in [-0.3, -0.25) is 4.79 Å². The van der Waals surface area contributed by atoms with Crippen molar-refractivity contribution in [3.8, 4) is 0 Å². The third-order valence-corrected chi connectivity index (χ3v) is 4.97. The van der Waals surface area contributed by atoms with Crippen LogP contribution in [0.15, 0.2) is 5.38 Å². The Morgan fingerprint density at radius 2 is 2.15 bits per heavy atom. The van der Waals surface area contributed by atoms with Gasteiger partial charge in [-0.2, -0.15) is 0 Å². The maximum atomic E-state index is 11.9. The van der Waals surface area contributed by atoms with Crippen LogP contribution in [-0.4, -0.2) is 10.9 Å². The van der Waals surface area contributed by atoms with Crippen molar-refractivity contribution in [3.05, 3.63) is 16.1 Å². The van der Waals surface area contributed by atoms with E-state index in [0.29, 0.717) is 18.9 Å². The summed E-state index contributed by atoms with van der Waals surface area (Å²) in [5.41, 5.74) is 1.13. The molecule has 0 aliphatic heterocycles. The number of aromatic nitrogens is 1. The number of carbonyl (C=O) groups is 1. The minimum absolute atomic E-state index is 0.178. The summed E-state index contributed by atoms with van der Waals surface area (Å²) in [5.74, 6) is 1.42. The molecule has 0 saturated heterocycles. The number of hydrogen-bond donors (Lipinski definition) is 1. The van der Waals surface area contributed by atoms with Crippen LogP contribution in [0, 0.1) is 5.92 Å². The monoisotopic (exact) mass is 294 g/mol. The summed E-state index contributed by atoms with van der Waals surface area (Å²) >= 11 is 1.64. The average molecular weight is 294 g/mol. The van der Waals surface area contributed by atoms with E-state index in [1.165, 1.54) is 32.1 Å². The summed E-state index contributed by atoms with van der Waals surface area (Å²) in [4.78, 5) is 16.4. The van der Waals surface area contributed by atoms with Crippen molar-refractivity contribution in [1.29, 1.82) is 0 Å². The van der Waals surface area contributed by atoms with Gasteiger partial charge >= 0.3 is 0 Å². The van der Waals surface area contributed by atoms with Crippen LogP contribution in [0.5, 0.6) is 0 Å². The molecule has 1 N–H and O–H groups in total. The van der Waals surface area contributed by atoms with Gasteiger partial charge in [0.2, 0.25) is 5.91 Å². The summed E-state index contributed by atoms with van der Waals surface area (Å²) < 4.78 is 0. The van der Waals surface area contributed by atoms with Gasteiger partial charge in [-0.05, 0) is 18.3 Å². The lowest BCUT2D eigenvalue weighted by Crippen LogP contribution is -2.23. The lowest BCUT2D eigenvalue weighted by molar-refractivity contribution is -0.121. The number of thiazole rings is 1. The Kier molecular flexibility index (Phi) is 6.02. The van der Waals surface area contributed by atoms with Gasteiger partial charge in [0.25, 0.3) is 0 Å². The van der Waals surface area contributed by atoms with Crippen LogP contribution in [0.2, 0.25) is 0 Å². The van der Waals surface area contributed by atoms with Crippen LogP contribution in [0.3, 0.4) is 0 Å². The number of rotatable bonds is 6. The van der Waals surface area contributed by atoms with Crippen molar-refractivity contribution in [2.75, 3.05) is 0 Å². The second-order valence-corrected chi connectivity index (χ2v) is 7.08. The van der Waals surface area contributed by atoms with Crippen molar-refractivity contribution < 1.29 is 4.79 Å². The Bertz CT molecular complexity index is 422. The molecule has 4 heteroatoms. The fraction of sp³-hybridized carbons (Fsp3) is 0.750. The normalized spacial score (nSPS) is 16.6. The van der Waals surface area contributed by atoms with E-state index in [4.69, 9.17) is 0 Å². The summed E-state index contributed by atoms with van der Waals surface area (Å²) in [6.07, 6.45) is 8.45. The van der Waals surface area contributed by atoms with Crippen LogP contribution in [0.1, 0.15) is 75.4 Å². The van der Waals surface area contributed by atoms with Crippen LogP contribution >= 0.6 is 11.3 Å². The highest BCUT2D eigenvalue weighted by Crippen LogP contribution is 2.27. The van der Waals surface area contributed by atoms with E-state index >= 15 is 0 Å². The Labute approximate surface area is 126 Å². The van der Waals surface area contributed by atoms with E-state index in [2.05, 4.69) is 29.5 Å². The smallest absolute Gasteiger partial charge is 0.220 e. The highest BCUT2D eigenvalue weighted by atomic mass is 32.1. The molecule has 1 aromatic rings. The summed E-state index contributed by atoms with van der Waals surface area (Å²) in [7, 11) is 0. The quantitative estimate of drug-likeness (QED) is 0.852. The second-order valence-electron chi connectivity index (χ2n) is 6.14. The Morgan fingerprint density at radius 1 is 1.40 bits per heavy atom. The predicted molar refractivity (Wildman–Crippen MR) is 83.9 cm³/mol. The molecule has 0 aromatic carbocycles. The maximum Gasteiger partial charge on any atom is 0.220 e. The zero-order valence-corrected chi connectivity index (χ0v) is 13.5. The molecule has 0 spiro atoms.